The van der Waals surface area contributed by atoms with E-state index in [1.165, 1.54) is 0 Å². The van der Waals surface area contributed by atoms with E-state index in [0.717, 1.165) is 29.1 Å². The van der Waals surface area contributed by atoms with Crippen molar-refractivity contribution in [1.29, 1.82) is 0 Å². The Morgan fingerprint density at radius 1 is 1.53 bits per heavy atom. The molecule has 102 valence electrons. The van der Waals surface area contributed by atoms with Crippen LogP contribution in [-0.2, 0) is 11.3 Å². The molecule has 1 unspecified atom stereocenters. The lowest BCUT2D eigenvalue weighted by atomic mass is 10.0. The molecule has 2 heterocycles. The van der Waals surface area contributed by atoms with Crippen molar-refractivity contribution in [1.82, 2.24) is 4.90 Å². The molecule has 1 atom stereocenters. The highest BCUT2D eigenvalue weighted by molar-refractivity contribution is 7.12. The molecule has 1 aliphatic rings. The zero-order chi connectivity index (χ0) is 13.7. The van der Waals surface area contributed by atoms with Gasteiger partial charge in [0.05, 0.1) is 11.4 Å². The van der Waals surface area contributed by atoms with Gasteiger partial charge >= 0.3 is 0 Å². The number of likely N-dealkylation sites (tertiary alicyclic amines) is 1. The number of carbonyl (C=O) groups excluding carboxylic acids is 1. The molecule has 0 radical (unpaired) electrons. The Morgan fingerprint density at radius 3 is 3.11 bits per heavy atom. The first kappa shape index (κ1) is 14.1. The van der Waals surface area contributed by atoms with Gasteiger partial charge in [0.2, 0.25) is 5.91 Å². The van der Waals surface area contributed by atoms with Crippen LogP contribution in [0, 0.1) is 17.8 Å². The van der Waals surface area contributed by atoms with Gasteiger partial charge in [-0.15, -0.1) is 11.3 Å². The van der Waals surface area contributed by atoms with E-state index in [2.05, 4.69) is 18.8 Å². The van der Waals surface area contributed by atoms with Crippen LogP contribution in [0.2, 0.25) is 0 Å². The average Bonchev–Trinajstić information content (AvgIpc) is 2.96. The van der Waals surface area contributed by atoms with Gasteiger partial charge in [-0.05, 0) is 24.5 Å². The topological polar surface area (TPSA) is 40.5 Å². The first-order valence-corrected chi connectivity index (χ1v) is 7.50. The minimum atomic E-state index is -0.115. The summed E-state index contributed by atoms with van der Waals surface area (Å²) in [6.45, 7) is 3.64. The Morgan fingerprint density at radius 2 is 2.37 bits per heavy atom. The molecule has 1 amide bonds. The molecule has 19 heavy (non-hydrogen) atoms. The summed E-state index contributed by atoms with van der Waals surface area (Å²) >= 11 is 1.60. The maximum atomic E-state index is 11.9. The molecule has 1 N–H and O–H groups in total. The number of aliphatic hydroxyl groups is 1. The van der Waals surface area contributed by atoms with Crippen LogP contribution < -0.4 is 0 Å². The molecule has 1 aromatic heterocycles. The minimum Gasteiger partial charge on any atom is -0.384 e. The highest BCUT2D eigenvalue weighted by Crippen LogP contribution is 2.25. The molecule has 0 spiro atoms. The predicted octanol–water partition coefficient (Wildman–Crippen LogP) is 2.24. The van der Waals surface area contributed by atoms with E-state index < -0.39 is 0 Å². The highest BCUT2D eigenvalue weighted by Gasteiger charge is 2.28. The number of carbonyl (C=O) groups is 1. The lowest BCUT2D eigenvalue weighted by Crippen LogP contribution is -2.24. The van der Waals surface area contributed by atoms with Crippen molar-refractivity contribution in [2.45, 2.75) is 32.7 Å². The highest BCUT2D eigenvalue weighted by atomic mass is 32.1. The van der Waals surface area contributed by atoms with Crippen LogP contribution in [0.25, 0.3) is 0 Å². The van der Waals surface area contributed by atoms with Gasteiger partial charge in [-0.1, -0.05) is 25.2 Å². The number of hydrogen-bond donors (Lipinski definition) is 1. The second-order valence-electron chi connectivity index (χ2n) is 4.86. The molecular formula is C15H19NO2S. The van der Waals surface area contributed by atoms with E-state index in [-0.39, 0.29) is 12.5 Å². The fourth-order valence-corrected chi connectivity index (χ4v) is 3.35. The van der Waals surface area contributed by atoms with Crippen molar-refractivity contribution in [2.75, 3.05) is 13.2 Å². The van der Waals surface area contributed by atoms with Crippen LogP contribution in [0.1, 0.15) is 35.9 Å². The van der Waals surface area contributed by atoms with E-state index in [1.54, 1.807) is 11.3 Å². The van der Waals surface area contributed by atoms with Crippen LogP contribution in [0.5, 0.6) is 0 Å². The van der Waals surface area contributed by atoms with E-state index >= 15 is 0 Å². The molecule has 2 rings (SSSR count). The third-order valence-corrected chi connectivity index (χ3v) is 4.28. The summed E-state index contributed by atoms with van der Waals surface area (Å²) in [5.41, 5.74) is 0. The van der Waals surface area contributed by atoms with E-state index in [1.807, 2.05) is 17.0 Å². The molecule has 0 bridgehead atoms. The van der Waals surface area contributed by atoms with Crippen LogP contribution in [0.4, 0.5) is 0 Å². The van der Waals surface area contributed by atoms with Crippen LogP contribution in [0.3, 0.4) is 0 Å². The van der Waals surface area contributed by atoms with E-state index in [0.29, 0.717) is 18.9 Å². The van der Waals surface area contributed by atoms with Gasteiger partial charge in [-0.2, -0.15) is 0 Å². The second-order valence-corrected chi connectivity index (χ2v) is 6.03. The number of thiophene rings is 1. The molecule has 1 fully saturated rings. The summed E-state index contributed by atoms with van der Waals surface area (Å²) in [6, 6.07) is 3.97. The Labute approximate surface area is 118 Å². The SMILES string of the molecule is CCCC1CC(=O)N(Cc2ccc(C#CCO)s2)C1. The molecule has 4 heteroatoms. The van der Waals surface area contributed by atoms with Crippen molar-refractivity contribution in [3.8, 4) is 11.8 Å². The number of amides is 1. The smallest absolute Gasteiger partial charge is 0.223 e. The standard InChI is InChI=1S/C15H19NO2S/c1-2-4-12-9-15(18)16(10-12)11-14-7-6-13(19-14)5-3-8-17/h6-7,12,17H,2,4,8-11H2,1H3. The maximum Gasteiger partial charge on any atom is 0.223 e. The quantitative estimate of drug-likeness (QED) is 0.858. The van der Waals surface area contributed by atoms with Gasteiger partial charge in [-0.25, -0.2) is 0 Å². The molecule has 1 aliphatic heterocycles. The minimum absolute atomic E-state index is 0.115. The summed E-state index contributed by atoms with van der Waals surface area (Å²) in [7, 11) is 0. The lowest BCUT2D eigenvalue weighted by Gasteiger charge is -2.15. The number of hydrogen-bond acceptors (Lipinski definition) is 3. The van der Waals surface area contributed by atoms with Crippen LogP contribution in [-0.4, -0.2) is 29.1 Å². The Kier molecular flexibility index (Phi) is 5.00. The number of rotatable bonds is 4. The predicted molar refractivity (Wildman–Crippen MR) is 76.7 cm³/mol. The largest absolute Gasteiger partial charge is 0.384 e. The zero-order valence-electron chi connectivity index (χ0n) is 11.2. The summed E-state index contributed by atoms with van der Waals surface area (Å²) in [6.07, 6.45) is 2.99. The van der Waals surface area contributed by atoms with Gasteiger partial charge in [0.1, 0.15) is 6.61 Å². The summed E-state index contributed by atoms with van der Waals surface area (Å²) < 4.78 is 0. The van der Waals surface area contributed by atoms with Crippen LogP contribution in [0.15, 0.2) is 12.1 Å². The molecule has 0 aliphatic carbocycles. The van der Waals surface area contributed by atoms with Gasteiger partial charge in [0.15, 0.2) is 0 Å². The Bertz CT molecular complexity index is 498. The molecule has 0 aromatic carbocycles. The second kappa shape index (κ2) is 6.74. The summed E-state index contributed by atoms with van der Waals surface area (Å²) in [5.74, 6) is 6.34. The Hall–Kier alpha value is -1.31. The molecule has 0 saturated carbocycles. The third-order valence-electron chi connectivity index (χ3n) is 3.29. The van der Waals surface area contributed by atoms with Gasteiger partial charge < -0.3 is 10.0 Å². The summed E-state index contributed by atoms with van der Waals surface area (Å²) in [4.78, 5) is 16.0. The maximum absolute atomic E-state index is 11.9. The molecular weight excluding hydrogens is 258 g/mol. The van der Waals surface area contributed by atoms with E-state index in [9.17, 15) is 4.79 Å². The van der Waals surface area contributed by atoms with Gasteiger partial charge in [-0.3, -0.25) is 4.79 Å². The molecule has 1 saturated heterocycles. The average molecular weight is 277 g/mol. The van der Waals surface area contributed by atoms with Crippen molar-refractivity contribution in [2.24, 2.45) is 5.92 Å². The summed E-state index contributed by atoms with van der Waals surface area (Å²) in [5, 5.41) is 8.66. The van der Waals surface area contributed by atoms with Crippen molar-refractivity contribution < 1.29 is 9.90 Å². The third kappa shape index (κ3) is 3.82. The normalized spacial score (nSPS) is 18.5. The van der Waals surface area contributed by atoms with E-state index in [4.69, 9.17) is 5.11 Å². The first-order chi connectivity index (χ1) is 9.22. The monoisotopic (exact) mass is 277 g/mol. The van der Waals surface area contributed by atoms with Crippen molar-refractivity contribution >= 4 is 17.2 Å². The van der Waals surface area contributed by atoms with Crippen molar-refractivity contribution in [3.05, 3.63) is 21.9 Å². The fourth-order valence-electron chi connectivity index (χ4n) is 2.45. The first-order valence-electron chi connectivity index (χ1n) is 6.69. The number of aliphatic hydroxyl groups excluding tert-OH is 1. The zero-order valence-corrected chi connectivity index (χ0v) is 12.0. The van der Waals surface area contributed by atoms with Crippen molar-refractivity contribution in [3.63, 3.8) is 0 Å². The van der Waals surface area contributed by atoms with Crippen LogP contribution >= 0.6 is 11.3 Å². The molecule has 3 nitrogen and oxygen atoms in total. The Balaban J connectivity index is 1.94. The molecule has 1 aromatic rings. The van der Waals surface area contributed by atoms with Gasteiger partial charge in [0, 0.05) is 17.8 Å². The fraction of sp³-hybridized carbons (Fsp3) is 0.533. The number of nitrogens with zero attached hydrogens (tertiary/aromatic N) is 1. The van der Waals surface area contributed by atoms with Gasteiger partial charge in [0.25, 0.3) is 0 Å². The lowest BCUT2D eigenvalue weighted by molar-refractivity contribution is -0.128.